The van der Waals surface area contributed by atoms with E-state index in [1.54, 1.807) is 0 Å². The Hall–Kier alpha value is -0.120. The molecule has 0 spiro atoms. The molecule has 1 saturated heterocycles. The minimum Gasteiger partial charge on any atom is -0.379 e. The predicted octanol–water partition coefficient (Wildman–Crippen LogP) is 0.753. The number of rotatable bonds is 5. The number of hydrogen-bond donors (Lipinski definition) is 2. The highest BCUT2D eigenvalue weighted by Gasteiger charge is 2.28. The van der Waals surface area contributed by atoms with E-state index < -0.39 is 0 Å². The van der Waals surface area contributed by atoms with Gasteiger partial charge in [0.15, 0.2) is 0 Å². The molecule has 1 heterocycles. The van der Waals surface area contributed by atoms with E-state index in [0.29, 0.717) is 6.04 Å². The van der Waals surface area contributed by atoms with Crippen LogP contribution in [0.1, 0.15) is 27.2 Å². The molecule has 3 nitrogen and oxygen atoms in total. The number of ether oxygens (including phenoxy) is 1. The largest absolute Gasteiger partial charge is 0.379 e. The van der Waals surface area contributed by atoms with E-state index in [-0.39, 0.29) is 5.54 Å². The minimum atomic E-state index is 0.221. The molecule has 13 heavy (non-hydrogen) atoms. The smallest absolute Gasteiger partial charge is 0.0646 e. The van der Waals surface area contributed by atoms with E-state index in [0.717, 1.165) is 32.7 Å². The Morgan fingerprint density at radius 3 is 2.69 bits per heavy atom. The fraction of sp³-hybridized carbons (Fsp3) is 1.00. The Balaban J connectivity index is 2.04. The maximum Gasteiger partial charge on any atom is 0.0646 e. The molecule has 2 N–H and O–H groups in total. The van der Waals surface area contributed by atoms with Crippen molar-refractivity contribution in [2.75, 3.05) is 26.3 Å². The van der Waals surface area contributed by atoms with Gasteiger partial charge in [-0.2, -0.15) is 0 Å². The van der Waals surface area contributed by atoms with Gasteiger partial charge in [-0.1, -0.05) is 13.8 Å². The van der Waals surface area contributed by atoms with Crippen LogP contribution < -0.4 is 10.6 Å². The SMILES string of the molecule is CC(C)NCCNC1(C)CCOC1. The standard InChI is InChI=1S/C10H22N2O/c1-9(2)11-5-6-12-10(3)4-7-13-8-10/h9,11-12H,4-8H2,1-3H3. The van der Waals surface area contributed by atoms with Crippen molar-refractivity contribution in [3.63, 3.8) is 0 Å². The third-order valence-corrected chi connectivity index (χ3v) is 2.45. The molecular weight excluding hydrogens is 164 g/mol. The van der Waals surface area contributed by atoms with Crippen LogP contribution in [0.15, 0.2) is 0 Å². The van der Waals surface area contributed by atoms with Gasteiger partial charge in [0.05, 0.1) is 6.61 Å². The average molecular weight is 186 g/mol. The van der Waals surface area contributed by atoms with Gasteiger partial charge >= 0.3 is 0 Å². The van der Waals surface area contributed by atoms with Gasteiger partial charge < -0.3 is 15.4 Å². The van der Waals surface area contributed by atoms with Gasteiger partial charge in [-0.15, -0.1) is 0 Å². The molecule has 0 aromatic heterocycles. The zero-order valence-electron chi connectivity index (χ0n) is 9.02. The third-order valence-electron chi connectivity index (χ3n) is 2.45. The molecule has 0 saturated carbocycles. The third kappa shape index (κ3) is 4.07. The monoisotopic (exact) mass is 186 g/mol. The topological polar surface area (TPSA) is 33.3 Å². The molecule has 0 amide bonds. The zero-order chi connectivity index (χ0) is 9.73. The van der Waals surface area contributed by atoms with E-state index in [2.05, 4.69) is 31.4 Å². The van der Waals surface area contributed by atoms with Gasteiger partial charge in [-0.25, -0.2) is 0 Å². The van der Waals surface area contributed by atoms with Gasteiger partial charge in [0, 0.05) is 31.3 Å². The minimum absolute atomic E-state index is 0.221. The first-order chi connectivity index (χ1) is 6.12. The Morgan fingerprint density at radius 1 is 1.38 bits per heavy atom. The van der Waals surface area contributed by atoms with Crippen molar-refractivity contribution in [2.24, 2.45) is 0 Å². The summed E-state index contributed by atoms with van der Waals surface area (Å²) in [7, 11) is 0. The maximum atomic E-state index is 5.36. The van der Waals surface area contributed by atoms with E-state index in [9.17, 15) is 0 Å². The van der Waals surface area contributed by atoms with Crippen molar-refractivity contribution < 1.29 is 4.74 Å². The van der Waals surface area contributed by atoms with Crippen LogP contribution in [0.2, 0.25) is 0 Å². The lowest BCUT2D eigenvalue weighted by Crippen LogP contribution is -2.46. The number of nitrogens with one attached hydrogen (secondary N) is 2. The molecule has 0 radical (unpaired) electrons. The Kier molecular flexibility index (Phi) is 4.16. The lowest BCUT2D eigenvalue weighted by Gasteiger charge is -2.23. The maximum absolute atomic E-state index is 5.36. The molecule has 1 aliphatic heterocycles. The first-order valence-corrected chi connectivity index (χ1v) is 5.18. The summed E-state index contributed by atoms with van der Waals surface area (Å²) in [5, 5.41) is 6.91. The lowest BCUT2D eigenvalue weighted by atomic mass is 10.0. The van der Waals surface area contributed by atoms with E-state index in [1.807, 2.05) is 0 Å². The van der Waals surface area contributed by atoms with Crippen LogP contribution in [-0.4, -0.2) is 37.9 Å². The lowest BCUT2D eigenvalue weighted by molar-refractivity contribution is 0.172. The summed E-state index contributed by atoms with van der Waals surface area (Å²) >= 11 is 0. The molecule has 1 fully saturated rings. The van der Waals surface area contributed by atoms with E-state index in [1.165, 1.54) is 0 Å². The van der Waals surface area contributed by atoms with E-state index in [4.69, 9.17) is 4.74 Å². The van der Waals surface area contributed by atoms with Crippen LogP contribution in [0.25, 0.3) is 0 Å². The molecule has 1 atom stereocenters. The molecule has 3 heteroatoms. The van der Waals surface area contributed by atoms with Gasteiger partial charge in [0.1, 0.15) is 0 Å². The summed E-state index contributed by atoms with van der Waals surface area (Å²) in [6.07, 6.45) is 1.13. The van der Waals surface area contributed by atoms with Crippen LogP contribution in [0.3, 0.4) is 0 Å². The fourth-order valence-corrected chi connectivity index (χ4v) is 1.53. The molecule has 0 aliphatic carbocycles. The Bertz CT molecular complexity index is 142. The zero-order valence-corrected chi connectivity index (χ0v) is 9.02. The summed E-state index contributed by atoms with van der Waals surface area (Å²) in [5.41, 5.74) is 0.221. The summed E-state index contributed by atoms with van der Waals surface area (Å²) in [5.74, 6) is 0. The molecule has 1 aliphatic rings. The van der Waals surface area contributed by atoms with Crippen molar-refractivity contribution in [3.05, 3.63) is 0 Å². The highest BCUT2D eigenvalue weighted by molar-refractivity contribution is 4.86. The normalized spacial score (nSPS) is 28.6. The second kappa shape index (κ2) is 4.94. The summed E-state index contributed by atoms with van der Waals surface area (Å²) in [6.45, 7) is 10.4. The first-order valence-electron chi connectivity index (χ1n) is 5.18. The Morgan fingerprint density at radius 2 is 2.15 bits per heavy atom. The number of hydrogen-bond acceptors (Lipinski definition) is 3. The molecular formula is C10H22N2O. The van der Waals surface area contributed by atoms with Gasteiger partial charge in [-0.3, -0.25) is 0 Å². The predicted molar refractivity (Wildman–Crippen MR) is 55.0 cm³/mol. The van der Waals surface area contributed by atoms with Crippen molar-refractivity contribution in [2.45, 2.75) is 38.8 Å². The highest BCUT2D eigenvalue weighted by Crippen LogP contribution is 2.16. The Labute approximate surface area is 81.2 Å². The molecule has 0 bridgehead atoms. The molecule has 1 unspecified atom stereocenters. The summed E-state index contributed by atoms with van der Waals surface area (Å²) in [6, 6.07) is 0.578. The molecule has 0 aromatic carbocycles. The van der Waals surface area contributed by atoms with Crippen molar-refractivity contribution >= 4 is 0 Å². The second-order valence-corrected chi connectivity index (χ2v) is 4.40. The van der Waals surface area contributed by atoms with Gasteiger partial charge in [0.2, 0.25) is 0 Å². The van der Waals surface area contributed by atoms with E-state index >= 15 is 0 Å². The van der Waals surface area contributed by atoms with Crippen molar-refractivity contribution in [1.82, 2.24) is 10.6 Å². The molecule has 1 rings (SSSR count). The summed E-state index contributed by atoms with van der Waals surface area (Å²) < 4.78 is 5.36. The van der Waals surface area contributed by atoms with Crippen LogP contribution >= 0.6 is 0 Å². The van der Waals surface area contributed by atoms with Crippen molar-refractivity contribution in [3.8, 4) is 0 Å². The quantitative estimate of drug-likeness (QED) is 0.622. The summed E-state index contributed by atoms with van der Waals surface area (Å²) in [4.78, 5) is 0. The van der Waals surface area contributed by atoms with Crippen LogP contribution in [0.5, 0.6) is 0 Å². The average Bonchev–Trinajstić information content (AvgIpc) is 2.47. The highest BCUT2D eigenvalue weighted by atomic mass is 16.5. The van der Waals surface area contributed by atoms with Crippen LogP contribution in [0.4, 0.5) is 0 Å². The molecule has 0 aromatic rings. The van der Waals surface area contributed by atoms with Gasteiger partial charge in [0.25, 0.3) is 0 Å². The fourth-order valence-electron chi connectivity index (χ4n) is 1.53. The molecule has 78 valence electrons. The first kappa shape index (κ1) is 11.0. The second-order valence-electron chi connectivity index (χ2n) is 4.40. The van der Waals surface area contributed by atoms with Gasteiger partial charge in [-0.05, 0) is 13.3 Å². The van der Waals surface area contributed by atoms with Crippen LogP contribution in [0, 0.1) is 0 Å². The van der Waals surface area contributed by atoms with Crippen LogP contribution in [-0.2, 0) is 4.74 Å². The van der Waals surface area contributed by atoms with Crippen molar-refractivity contribution in [1.29, 1.82) is 0 Å².